The quantitative estimate of drug-likeness (QED) is 0.618. The average Bonchev–Trinajstić information content (AvgIpc) is 2.80. The summed E-state index contributed by atoms with van der Waals surface area (Å²) in [5.74, 6) is 2.11. The molecule has 0 saturated carbocycles. The fourth-order valence-corrected chi connectivity index (χ4v) is 3.38. The summed E-state index contributed by atoms with van der Waals surface area (Å²) >= 11 is 0. The summed E-state index contributed by atoms with van der Waals surface area (Å²) in [5.41, 5.74) is 0.619. The molecule has 154 valence electrons. The zero-order valence-corrected chi connectivity index (χ0v) is 16.7. The first-order valence-corrected chi connectivity index (χ1v) is 9.87. The molecule has 1 aliphatic heterocycles. The Balaban J connectivity index is 1.39. The Morgan fingerprint density at radius 3 is 2.40 bits per heavy atom. The van der Waals surface area contributed by atoms with Gasteiger partial charge in [-0.3, -0.25) is 4.79 Å². The van der Waals surface area contributed by atoms with E-state index in [0.29, 0.717) is 36.2 Å². The van der Waals surface area contributed by atoms with Crippen LogP contribution in [-0.4, -0.2) is 47.1 Å². The van der Waals surface area contributed by atoms with Crippen LogP contribution in [0.4, 0.5) is 0 Å². The van der Waals surface area contributed by atoms with E-state index in [4.69, 9.17) is 14.2 Å². The van der Waals surface area contributed by atoms with Gasteiger partial charge in [0, 0.05) is 24.5 Å². The highest BCUT2D eigenvalue weighted by atomic mass is 16.5. The largest absolute Gasteiger partial charge is 0.477 e. The Labute approximate surface area is 175 Å². The van der Waals surface area contributed by atoms with Gasteiger partial charge in [-0.1, -0.05) is 18.2 Å². The van der Waals surface area contributed by atoms with Crippen LogP contribution in [0.2, 0.25) is 0 Å². The molecule has 2 aromatic carbocycles. The first-order chi connectivity index (χ1) is 14.7. The van der Waals surface area contributed by atoms with E-state index in [1.54, 1.807) is 24.5 Å². The van der Waals surface area contributed by atoms with Crippen molar-refractivity contribution in [1.82, 2.24) is 14.9 Å². The van der Waals surface area contributed by atoms with Crippen LogP contribution in [0.1, 0.15) is 23.2 Å². The van der Waals surface area contributed by atoms with Gasteiger partial charge >= 0.3 is 0 Å². The van der Waals surface area contributed by atoms with Gasteiger partial charge in [-0.15, -0.1) is 0 Å². The number of carbonyl (C=O) groups is 1. The van der Waals surface area contributed by atoms with E-state index < -0.39 is 0 Å². The van der Waals surface area contributed by atoms with E-state index in [-0.39, 0.29) is 12.0 Å². The Hall–Kier alpha value is -3.61. The number of carbonyl (C=O) groups excluding carboxylic acids is 1. The summed E-state index contributed by atoms with van der Waals surface area (Å²) in [4.78, 5) is 23.1. The molecule has 0 N–H and O–H groups in total. The van der Waals surface area contributed by atoms with Gasteiger partial charge in [-0.25, -0.2) is 9.97 Å². The molecule has 1 aromatic heterocycles. The van der Waals surface area contributed by atoms with Gasteiger partial charge in [0.05, 0.1) is 13.7 Å². The van der Waals surface area contributed by atoms with E-state index in [2.05, 4.69) is 9.97 Å². The molecule has 7 heteroatoms. The number of ether oxygens (including phenoxy) is 3. The van der Waals surface area contributed by atoms with Gasteiger partial charge in [0.1, 0.15) is 17.6 Å². The van der Waals surface area contributed by atoms with Crippen LogP contribution in [0.25, 0.3) is 0 Å². The van der Waals surface area contributed by atoms with E-state index >= 15 is 0 Å². The lowest BCUT2D eigenvalue weighted by Gasteiger charge is -2.32. The van der Waals surface area contributed by atoms with Crippen LogP contribution in [-0.2, 0) is 0 Å². The molecule has 1 unspecified atom stereocenters. The number of methoxy groups -OCH3 is 1. The highest BCUT2D eigenvalue weighted by Gasteiger charge is 2.27. The van der Waals surface area contributed by atoms with Crippen LogP contribution < -0.4 is 14.2 Å². The predicted octanol–water partition coefficient (Wildman–Crippen LogP) is 3.96. The summed E-state index contributed by atoms with van der Waals surface area (Å²) in [6, 6.07) is 16.7. The molecular formula is C23H23N3O4. The number of rotatable bonds is 6. The summed E-state index contributed by atoms with van der Waals surface area (Å²) in [6.07, 6.45) is 4.65. The fourth-order valence-electron chi connectivity index (χ4n) is 3.38. The highest BCUT2D eigenvalue weighted by molar-refractivity contribution is 5.94. The number of benzene rings is 2. The van der Waals surface area contributed by atoms with Crippen molar-refractivity contribution in [3.63, 3.8) is 0 Å². The van der Waals surface area contributed by atoms with Crippen molar-refractivity contribution in [2.24, 2.45) is 0 Å². The number of amides is 1. The monoisotopic (exact) mass is 405 g/mol. The Kier molecular flexibility index (Phi) is 6.08. The summed E-state index contributed by atoms with van der Waals surface area (Å²) in [6.45, 7) is 1.18. The molecule has 0 spiro atoms. The molecule has 1 amide bonds. The molecule has 4 rings (SSSR count). The molecule has 0 radical (unpaired) electrons. The second kappa shape index (κ2) is 9.26. The smallest absolute Gasteiger partial charge is 0.278 e. The molecule has 2 heterocycles. The third-order valence-electron chi connectivity index (χ3n) is 4.85. The van der Waals surface area contributed by atoms with E-state index in [0.717, 1.165) is 18.6 Å². The van der Waals surface area contributed by atoms with Gasteiger partial charge in [-0.05, 0) is 49.2 Å². The maximum atomic E-state index is 13.0. The minimum Gasteiger partial charge on any atom is -0.477 e. The molecule has 1 fully saturated rings. The predicted molar refractivity (Wildman–Crippen MR) is 111 cm³/mol. The number of piperidine rings is 1. The summed E-state index contributed by atoms with van der Waals surface area (Å²) in [5, 5.41) is 0. The maximum Gasteiger partial charge on any atom is 0.278 e. The third kappa shape index (κ3) is 4.68. The Bertz CT molecular complexity index is 979. The van der Waals surface area contributed by atoms with Crippen LogP contribution in [0.5, 0.6) is 23.3 Å². The fraction of sp³-hybridized carbons (Fsp3) is 0.261. The number of aromatic nitrogens is 2. The number of hydrogen-bond acceptors (Lipinski definition) is 6. The van der Waals surface area contributed by atoms with Gasteiger partial charge < -0.3 is 19.1 Å². The van der Waals surface area contributed by atoms with Crippen LogP contribution >= 0.6 is 0 Å². The zero-order valence-electron chi connectivity index (χ0n) is 16.7. The number of para-hydroxylation sites is 1. The lowest BCUT2D eigenvalue weighted by atomic mass is 10.1. The molecule has 1 saturated heterocycles. The topological polar surface area (TPSA) is 73.8 Å². The second-order valence-electron chi connectivity index (χ2n) is 6.94. The normalized spacial score (nSPS) is 16.0. The van der Waals surface area contributed by atoms with Crippen molar-refractivity contribution in [3.8, 4) is 23.3 Å². The van der Waals surface area contributed by atoms with Crippen LogP contribution in [0, 0.1) is 0 Å². The summed E-state index contributed by atoms with van der Waals surface area (Å²) < 4.78 is 17.0. The molecule has 0 bridgehead atoms. The number of likely N-dealkylation sites (tertiary alicyclic amines) is 1. The number of hydrogen-bond donors (Lipinski definition) is 0. The lowest BCUT2D eigenvalue weighted by molar-refractivity contribution is 0.0519. The van der Waals surface area contributed by atoms with Gasteiger partial charge in [0.15, 0.2) is 0 Å². The molecule has 0 aliphatic carbocycles. The minimum atomic E-state index is -0.158. The molecular weight excluding hydrogens is 382 g/mol. The van der Waals surface area contributed by atoms with Gasteiger partial charge in [-0.2, -0.15) is 0 Å². The SMILES string of the molecule is COc1nccnc1OC1CCCN(C(=O)c2ccc(Oc3ccccc3)cc2)C1. The summed E-state index contributed by atoms with van der Waals surface area (Å²) in [7, 11) is 1.53. The molecule has 7 nitrogen and oxygen atoms in total. The number of nitrogens with zero attached hydrogens (tertiary/aromatic N) is 3. The Morgan fingerprint density at radius 2 is 1.67 bits per heavy atom. The lowest BCUT2D eigenvalue weighted by Crippen LogP contribution is -2.44. The zero-order chi connectivity index (χ0) is 20.8. The van der Waals surface area contributed by atoms with Crippen LogP contribution in [0.3, 0.4) is 0 Å². The average molecular weight is 405 g/mol. The van der Waals surface area contributed by atoms with Crippen molar-refractivity contribution in [3.05, 3.63) is 72.6 Å². The van der Waals surface area contributed by atoms with E-state index in [1.165, 1.54) is 7.11 Å². The Morgan fingerprint density at radius 1 is 0.967 bits per heavy atom. The highest BCUT2D eigenvalue weighted by Crippen LogP contribution is 2.25. The molecule has 30 heavy (non-hydrogen) atoms. The minimum absolute atomic E-state index is 0.0272. The van der Waals surface area contributed by atoms with E-state index in [1.807, 2.05) is 47.4 Å². The maximum absolute atomic E-state index is 13.0. The van der Waals surface area contributed by atoms with Crippen molar-refractivity contribution in [1.29, 1.82) is 0 Å². The molecule has 1 atom stereocenters. The van der Waals surface area contributed by atoms with Crippen molar-refractivity contribution >= 4 is 5.91 Å². The van der Waals surface area contributed by atoms with Crippen LogP contribution in [0.15, 0.2) is 67.0 Å². The molecule has 1 aliphatic rings. The standard InChI is InChI=1S/C23H23N3O4/c1-28-21-22(25-14-13-24-21)30-20-8-5-15-26(16-20)23(27)17-9-11-19(12-10-17)29-18-6-3-2-4-7-18/h2-4,6-7,9-14,20H,5,8,15-16H2,1H3. The van der Waals surface area contributed by atoms with Gasteiger partial charge in [0.2, 0.25) is 0 Å². The van der Waals surface area contributed by atoms with E-state index in [9.17, 15) is 4.79 Å². The third-order valence-corrected chi connectivity index (χ3v) is 4.85. The van der Waals surface area contributed by atoms with Gasteiger partial charge in [0.25, 0.3) is 17.7 Å². The van der Waals surface area contributed by atoms with Crippen molar-refractivity contribution in [2.75, 3.05) is 20.2 Å². The van der Waals surface area contributed by atoms with Crippen molar-refractivity contribution < 1.29 is 19.0 Å². The first kappa shape index (κ1) is 19.7. The first-order valence-electron chi connectivity index (χ1n) is 9.87. The second-order valence-corrected chi connectivity index (χ2v) is 6.94. The molecule has 3 aromatic rings. The van der Waals surface area contributed by atoms with Crippen molar-refractivity contribution in [2.45, 2.75) is 18.9 Å².